The van der Waals surface area contributed by atoms with Gasteiger partial charge in [0.05, 0.1) is 21.8 Å². The number of carbonyl (C=O) groups is 1. The minimum atomic E-state index is -0.390. The Balaban J connectivity index is 2.26. The number of rotatable bonds is 4. The highest BCUT2D eigenvalue weighted by atomic mass is 35.5. The molecule has 0 fully saturated rings. The van der Waals surface area contributed by atoms with E-state index >= 15 is 0 Å². The number of nitrogens with zero attached hydrogens (tertiary/aromatic N) is 3. The first-order valence-electron chi connectivity index (χ1n) is 8.45. The number of hydrogen-bond acceptors (Lipinski definition) is 4. The lowest BCUT2D eigenvalue weighted by molar-refractivity contribution is -0.127. The first kappa shape index (κ1) is 19.5. The summed E-state index contributed by atoms with van der Waals surface area (Å²) in [6.07, 6.45) is 0. The molecule has 27 heavy (non-hydrogen) atoms. The molecule has 1 heterocycles. The highest BCUT2D eigenvalue weighted by Crippen LogP contribution is 2.27. The van der Waals surface area contributed by atoms with Crippen molar-refractivity contribution >= 4 is 40.2 Å². The first-order valence-corrected chi connectivity index (χ1v) is 9.71. The van der Waals surface area contributed by atoms with Gasteiger partial charge in [-0.05, 0) is 43.7 Å². The molecular weight excluding hydrogens is 382 g/mol. The van der Waals surface area contributed by atoms with Crippen molar-refractivity contribution in [2.75, 3.05) is 14.1 Å². The topological polar surface area (TPSA) is 55.2 Å². The SMILES string of the molecule is Cc1ccccc1-n1c(SC(C)C(=O)N(C)C)nc2cc(Cl)ccc2c1=O. The molecule has 0 aliphatic carbocycles. The van der Waals surface area contributed by atoms with Crippen LogP contribution in [-0.2, 0) is 4.79 Å². The maximum atomic E-state index is 13.3. The summed E-state index contributed by atoms with van der Waals surface area (Å²) in [7, 11) is 3.42. The van der Waals surface area contributed by atoms with Gasteiger partial charge in [-0.1, -0.05) is 41.6 Å². The lowest BCUT2D eigenvalue weighted by Gasteiger charge is -2.19. The van der Waals surface area contributed by atoms with E-state index in [1.54, 1.807) is 36.9 Å². The van der Waals surface area contributed by atoms with E-state index in [2.05, 4.69) is 4.98 Å². The molecule has 5 nitrogen and oxygen atoms in total. The predicted molar refractivity (Wildman–Crippen MR) is 111 cm³/mol. The Morgan fingerprint density at radius 3 is 2.59 bits per heavy atom. The van der Waals surface area contributed by atoms with Crippen LogP contribution in [0.25, 0.3) is 16.6 Å². The molecule has 1 aromatic heterocycles. The van der Waals surface area contributed by atoms with Crippen LogP contribution >= 0.6 is 23.4 Å². The monoisotopic (exact) mass is 401 g/mol. The Bertz CT molecular complexity index is 1080. The second-order valence-electron chi connectivity index (χ2n) is 6.48. The van der Waals surface area contributed by atoms with Crippen LogP contribution in [0.15, 0.2) is 52.4 Å². The highest BCUT2D eigenvalue weighted by molar-refractivity contribution is 8.00. The van der Waals surface area contributed by atoms with Gasteiger partial charge in [0.15, 0.2) is 5.16 Å². The van der Waals surface area contributed by atoms with Crippen LogP contribution in [0.2, 0.25) is 5.02 Å². The van der Waals surface area contributed by atoms with Crippen molar-refractivity contribution in [3.63, 3.8) is 0 Å². The number of aromatic nitrogens is 2. The third-order valence-corrected chi connectivity index (χ3v) is 5.50. The lowest BCUT2D eigenvalue weighted by Crippen LogP contribution is -2.31. The molecular formula is C20H20ClN3O2S. The summed E-state index contributed by atoms with van der Waals surface area (Å²) in [5.74, 6) is -0.0447. The van der Waals surface area contributed by atoms with Crippen molar-refractivity contribution in [3.8, 4) is 5.69 Å². The number of benzene rings is 2. The molecule has 1 unspecified atom stereocenters. The van der Waals surface area contributed by atoms with Gasteiger partial charge >= 0.3 is 0 Å². The molecule has 0 N–H and O–H groups in total. The summed E-state index contributed by atoms with van der Waals surface area (Å²) < 4.78 is 1.58. The Morgan fingerprint density at radius 2 is 1.93 bits per heavy atom. The quantitative estimate of drug-likeness (QED) is 0.491. The van der Waals surface area contributed by atoms with Gasteiger partial charge in [-0.2, -0.15) is 0 Å². The molecule has 0 aliphatic rings. The Morgan fingerprint density at radius 1 is 1.22 bits per heavy atom. The molecule has 3 rings (SSSR count). The molecule has 1 atom stereocenters. The maximum absolute atomic E-state index is 13.3. The number of carbonyl (C=O) groups excluding carboxylic acids is 1. The summed E-state index contributed by atoms with van der Waals surface area (Å²) in [4.78, 5) is 31.8. The molecule has 140 valence electrons. The van der Waals surface area contributed by atoms with E-state index in [4.69, 9.17) is 11.6 Å². The summed E-state index contributed by atoms with van der Waals surface area (Å²) in [6.45, 7) is 3.75. The number of halogens is 1. The smallest absolute Gasteiger partial charge is 0.266 e. The minimum Gasteiger partial charge on any atom is -0.348 e. The van der Waals surface area contributed by atoms with Crippen LogP contribution in [0.1, 0.15) is 12.5 Å². The van der Waals surface area contributed by atoms with Crippen molar-refractivity contribution in [2.24, 2.45) is 0 Å². The Kier molecular flexibility index (Phi) is 5.58. The summed E-state index contributed by atoms with van der Waals surface area (Å²) in [6, 6.07) is 12.7. The van der Waals surface area contributed by atoms with Gasteiger partial charge in [0, 0.05) is 19.1 Å². The summed E-state index contributed by atoms with van der Waals surface area (Å²) in [5.41, 5.74) is 2.03. The van der Waals surface area contributed by atoms with Crippen molar-refractivity contribution in [1.82, 2.24) is 14.5 Å². The summed E-state index contributed by atoms with van der Waals surface area (Å²) in [5, 5.41) is 1.07. The van der Waals surface area contributed by atoms with Gasteiger partial charge in [-0.3, -0.25) is 14.2 Å². The molecule has 0 saturated heterocycles. The standard InChI is InChI=1S/C20H20ClN3O2S/c1-12-7-5-6-8-17(12)24-19(26)15-10-9-14(21)11-16(15)22-20(24)27-13(2)18(25)23(3)4/h5-11,13H,1-4H3. The number of hydrogen-bond donors (Lipinski definition) is 0. The van der Waals surface area contributed by atoms with Gasteiger partial charge in [-0.25, -0.2) is 4.98 Å². The van der Waals surface area contributed by atoms with Crippen LogP contribution in [-0.4, -0.2) is 39.7 Å². The average molecular weight is 402 g/mol. The van der Waals surface area contributed by atoms with Crippen LogP contribution in [0.4, 0.5) is 0 Å². The van der Waals surface area contributed by atoms with E-state index in [-0.39, 0.29) is 16.7 Å². The fourth-order valence-corrected chi connectivity index (χ4v) is 4.05. The third kappa shape index (κ3) is 3.87. The molecule has 0 radical (unpaired) electrons. The van der Waals surface area contributed by atoms with Gasteiger partial charge < -0.3 is 4.90 Å². The Labute approximate surface area is 167 Å². The van der Waals surface area contributed by atoms with E-state index in [1.165, 1.54) is 16.7 Å². The number of amides is 1. The van der Waals surface area contributed by atoms with Crippen LogP contribution in [0.3, 0.4) is 0 Å². The van der Waals surface area contributed by atoms with Crippen LogP contribution < -0.4 is 5.56 Å². The van der Waals surface area contributed by atoms with Gasteiger partial charge in [0.1, 0.15) is 0 Å². The largest absolute Gasteiger partial charge is 0.348 e. The van der Waals surface area contributed by atoms with E-state index in [0.717, 1.165) is 11.3 Å². The molecule has 7 heteroatoms. The van der Waals surface area contributed by atoms with Crippen molar-refractivity contribution in [1.29, 1.82) is 0 Å². The van der Waals surface area contributed by atoms with Crippen LogP contribution in [0, 0.1) is 6.92 Å². The minimum absolute atomic E-state index is 0.0447. The normalized spacial score (nSPS) is 12.2. The van der Waals surface area contributed by atoms with E-state index < -0.39 is 0 Å². The van der Waals surface area contributed by atoms with Crippen molar-refractivity contribution in [2.45, 2.75) is 24.3 Å². The van der Waals surface area contributed by atoms with Crippen molar-refractivity contribution in [3.05, 3.63) is 63.4 Å². The molecule has 2 aromatic carbocycles. The van der Waals surface area contributed by atoms with E-state index in [1.807, 2.05) is 38.1 Å². The third-order valence-electron chi connectivity index (χ3n) is 4.23. The number of fused-ring (bicyclic) bond motifs is 1. The van der Waals surface area contributed by atoms with Gasteiger partial charge in [-0.15, -0.1) is 0 Å². The fourth-order valence-electron chi connectivity index (χ4n) is 2.82. The zero-order chi connectivity index (χ0) is 19.7. The molecule has 0 bridgehead atoms. The van der Waals surface area contributed by atoms with Gasteiger partial charge in [0.2, 0.25) is 5.91 Å². The second kappa shape index (κ2) is 7.74. The lowest BCUT2D eigenvalue weighted by atomic mass is 10.2. The van der Waals surface area contributed by atoms with Crippen LogP contribution in [0.5, 0.6) is 0 Å². The number of thioether (sulfide) groups is 1. The predicted octanol–water partition coefficient (Wildman–Crippen LogP) is 3.92. The summed E-state index contributed by atoms with van der Waals surface area (Å²) >= 11 is 7.35. The van der Waals surface area contributed by atoms with E-state index in [0.29, 0.717) is 21.1 Å². The first-order chi connectivity index (χ1) is 12.8. The fraction of sp³-hybridized carbons (Fsp3) is 0.250. The average Bonchev–Trinajstić information content (AvgIpc) is 2.62. The zero-order valence-corrected chi connectivity index (χ0v) is 17.1. The number of aryl methyl sites for hydroxylation is 1. The Hall–Kier alpha value is -2.31. The molecule has 0 spiro atoms. The number of para-hydroxylation sites is 1. The molecule has 0 aliphatic heterocycles. The molecule has 0 saturated carbocycles. The molecule has 3 aromatic rings. The van der Waals surface area contributed by atoms with E-state index in [9.17, 15) is 9.59 Å². The second-order valence-corrected chi connectivity index (χ2v) is 8.22. The maximum Gasteiger partial charge on any atom is 0.266 e. The molecule has 1 amide bonds. The zero-order valence-electron chi connectivity index (χ0n) is 15.6. The highest BCUT2D eigenvalue weighted by Gasteiger charge is 2.22. The van der Waals surface area contributed by atoms with Gasteiger partial charge in [0.25, 0.3) is 5.56 Å². The van der Waals surface area contributed by atoms with Crippen molar-refractivity contribution < 1.29 is 4.79 Å².